The van der Waals surface area contributed by atoms with Gasteiger partial charge in [0.05, 0.1) is 11.0 Å². The molecule has 1 saturated heterocycles. The fraction of sp³-hybridized carbons (Fsp3) is 0.350. The number of Topliss-reactive ketones (excluding diaryl/α,β-unsaturated/α-hetero) is 1. The summed E-state index contributed by atoms with van der Waals surface area (Å²) in [5.74, 6) is -0.124. The average molecular weight is 405 g/mol. The number of halogens is 2. The minimum absolute atomic E-state index is 0.176. The maximum Gasteiger partial charge on any atom is 0.151 e. The predicted molar refractivity (Wildman–Crippen MR) is 101 cm³/mol. The lowest BCUT2D eigenvalue weighted by Crippen LogP contribution is -2.47. The zero-order valence-corrected chi connectivity index (χ0v) is 15.7. The minimum Gasteiger partial charge on any atom is -0.298 e. The molecule has 1 aliphatic rings. The molecule has 2 aromatic rings. The maximum atomic E-state index is 13.3. The molecule has 0 N–H and O–H groups in total. The lowest BCUT2D eigenvalue weighted by Gasteiger charge is -2.34. The van der Waals surface area contributed by atoms with Crippen LogP contribution in [0, 0.1) is 5.82 Å². The molecule has 3 rings (SSSR count). The first kappa shape index (κ1) is 18.2. The van der Waals surface area contributed by atoms with E-state index in [4.69, 9.17) is 0 Å². The molecular weight excluding hydrogens is 383 g/mol. The molecule has 3 nitrogen and oxygen atoms in total. The first-order valence-corrected chi connectivity index (χ1v) is 9.34. The number of rotatable bonds is 6. The molecule has 0 atom stereocenters. The van der Waals surface area contributed by atoms with E-state index >= 15 is 0 Å². The largest absolute Gasteiger partial charge is 0.298 e. The lowest BCUT2D eigenvalue weighted by molar-refractivity contribution is -0.120. The summed E-state index contributed by atoms with van der Waals surface area (Å²) in [4.78, 5) is 16.9. The Balaban J connectivity index is 1.43. The van der Waals surface area contributed by atoms with E-state index < -0.39 is 0 Å². The van der Waals surface area contributed by atoms with Gasteiger partial charge in [0.15, 0.2) is 5.78 Å². The molecule has 0 radical (unpaired) electrons. The number of nitrogens with zero attached hydrogens (tertiary/aromatic N) is 2. The number of carbonyl (C=O) groups excluding carboxylic acids is 1. The van der Waals surface area contributed by atoms with Crippen LogP contribution in [-0.2, 0) is 17.8 Å². The van der Waals surface area contributed by atoms with Crippen LogP contribution in [0.25, 0.3) is 0 Å². The Morgan fingerprint density at radius 2 is 1.64 bits per heavy atom. The standard InChI is InChI=1S/C20H22BrFN2O/c21-19-13-17(6-7-20(19)22)12-18(25)15-24-10-8-23(9-11-24)14-16-4-2-1-3-5-16/h1-7,13H,8-12,14-15H2. The van der Waals surface area contributed by atoms with Crippen molar-refractivity contribution in [3.63, 3.8) is 0 Å². The Morgan fingerprint density at radius 3 is 2.32 bits per heavy atom. The van der Waals surface area contributed by atoms with E-state index in [1.807, 2.05) is 6.07 Å². The molecule has 1 aliphatic heterocycles. The average Bonchev–Trinajstić information content (AvgIpc) is 2.61. The molecule has 1 fully saturated rings. The lowest BCUT2D eigenvalue weighted by atomic mass is 10.1. The van der Waals surface area contributed by atoms with Crippen molar-refractivity contribution >= 4 is 21.7 Å². The first-order chi connectivity index (χ1) is 12.1. The molecule has 0 amide bonds. The van der Waals surface area contributed by atoms with Crippen molar-refractivity contribution in [1.29, 1.82) is 0 Å². The van der Waals surface area contributed by atoms with Gasteiger partial charge in [-0.2, -0.15) is 0 Å². The fourth-order valence-electron chi connectivity index (χ4n) is 3.13. The molecule has 0 aliphatic carbocycles. The highest BCUT2D eigenvalue weighted by atomic mass is 79.9. The number of benzene rings is 2. The molecule has 0 bridgehead atoms. The Kier molecular flexibility index (Phi) is 6.34. The van der Waals surface area contributed by atoms with Gasteiger partial charge in [-0.1, -0.05) is 36.4 Å². The van der Waals surface area contributed by atoms with Crippen LogP contribution in [0.3, 0.4) is 0 Å². The topological polar surface area (TPSA) is 23.6 Å². The van der Waals surface area contributed by atoms with Crippen molar-refractivity contribution in [1.82, 2.24) is 9.80 Å². The Hall–Kier alpha value is -1.56. The van der Waals surface area contributed by atoms with Crippen LogP contribution in [0.4, 0.5) is 4.39 Å². The van der Waals surface area contributed by atoms with Crippen LogP contribution in [0.1, 0.15) is 11.1 Å². The molecule has 0 saturated carbocycles. The summed E-state index contributed by atoms with van der Waals surface area (Å²) in [6.07, 6.45) is 0.350. The van der Waals surface area contributed by atoms with Crippen molar-refractivity contribution in [3.05, 3.63) is 69.9 Å². The summed E-state index contributed by atoms with van der Waals surface area (Å²) >= 11 is 3.17. The van der Waals surface area contributed by atoms with E-state index in [0.717, 1.165) is 38.3 Å². The second kappa shape index (κ2) is 8.70. The quantitative estimate of drug-likeness (QED) is 0.735. The maximum absolute atomic E-state index is 13.3. The number of carbonyl (C=O) groups is 1. The molecule has 0 unspecified atom stereocenters. The molecule has 2 aromatic carbocycles. The SMILES string of the molecule is O=C(Cc1ccc(F)c(Br)c1)CN1CCN(Cc2ccccc2)CC1. The van der Waals surface area contributed by atoms with E-state index in [1.165, 1.54) is 11.6 Å². The van der Waals surface area contributed by atoms with Gasteiger partial charge in [-0.25, -0.2) is 4.39 Å². The van der Waals surface area contributed by atoms with Crippen molar-refractivity contribution in [3.8, 4) is 0 Å². The summed E-state index contributed by atoms with van der Waals surface area (Å²) < 4.78 is 13.7. The zero-order chi connectivity index (χ0) is 17.6. The summed E-state index contributed by atoms with van der Waals surface area (Å²) in [6.45, 7) is 5.20. The van der Waals surface area contributed by atoms with Crippen molar-refractivity contribution in [2.75, 3.05) is 32.7 Å². The van der Waals surface area contributed by atoms with Crippen molar-refractivity contribution in [2.45, 2.75) is 13.0 Å². The summed E-state index contributed by atoms with van der Waals surface area (Å²) in [5.41, 5.74) is 2.18. The fourth-order valence-corrected chi connectivity index (χ4v) is 3.56. The van der Waals surface area contributed by atoms with Gasteiger partial charge in [0.2, 0.25) is 0 Å². The first-order valence-electron chi connectivity index (χ1n) is 8.54. The minimum atomic E-state index is -0.300. The van der Waals surface area contributed by atoms with Gasteiger partial charge in [0.25, 0.3) is 0 Å². The van der Waals surface area contributed by atoms with Crippen LogP contribution in [0.2, 0.25) is 0 Å². The van der Waals surface area contributed by atoms with Crippen LogP contribution in [0.5, 0.6) is 0 Å². The molecule has 132 valence electrons. The normalized spacial score (nSPS) is 16.1. The molecular formula is C20H22BrFN2O. The van der Waals surface area contributed by atoms with Crippen LogP contribution >= 0.6 is 15.9 Å². The van der Waals surface area contributed by atoms with Gasteiger partial charge >= 0.3 is 0 Å². The third kappa shape index (κ3) is 5.46. The number of hydrogen-bond acceptors (Lipinski definition) is 3. The Labute approximate surface area is 156 Å². The van der Waals surface area contributed by atoms with Crippen LogP contribution in [0.15, 0.2) is 53.0 Å². The number of hydrogen-bond donors (Lipinski definition) is 0. The van der Waals surface area contributed by atoms with Crippen molar-refractivity contribution in [2.24, 2.45) is 0 Å². The number of piperazine rings is 1. The molecule has 0 spiro atoms. The third-order valence-electron chi connectivity index (χ3n) is 4.50. The molecule has 5 heteroatoms. The summed E-state index contributed by atoms with van der Waals surface area (Å²) in [5, 5.41) is 0. The second-order valence-corrected chi connectivity index (χ2v) is 7.36. The van der Waals surface area contributed by atoms with Gasteiger partial charge in [-0.05, 0) is 39.2 Å². The highest BCUT2D eigenvalue weighted by Crippen LogP contribution is 2.17. The highest BCUT2D eigenvalue weighted by Gasteiger charge is 2.19. The highest BCUT2D eigenvalue weighted by molar-refractivity contribution is 9.10. The summed E-state index contributed by atoms with van der Waals surface area (Å²) in [7, 11) is 0. The van der Waals surface area contributed by atoms with Crippen LogP contribution < -0.4 is 0 Å². The van der Waals surface area contributed by atoms with Crippen LogP contribution in [-0.4, -0.2) is 48.3 Å². The van der Waals surface area contributed by atoms with E-state index in [-0.39, 0.29) is 11.6 Å². The third-order valence-corrected chi connectivity index (χ3v) is 5.11. The number of ketones is 1. The zero-order valence-electron chi connectivity index (χ0n) is 14.1. The van der Waals surface area contributed by atoms with E-state index in [1.54, 1.807) is 12.1 Å². The second-order valence-electron chi connectivity index (χ2n) is 6.50. The van der Waals surface area contributed by atoms with Gasteiger partial charge < -0.3 is 0 Å². The molecule has 0 aromatic heterocycles. The van der Waals surface area contributed by atoms with Crippen molar-refractivity contribution < 1.29 is 9.18 Å². The molecule has 1 heterocycles. The predicted octanol–water partition coefficient (Wildman–Crippen LogP) is 3.52. The molecule has 25 heavy (non-hydrogen) atoms. The van der Waals surface area contributed by atoms with E-state index in [2.05, 4.69) is 50.0 Å². The van der Waals surface area contributed by atoms with E-state index in [9.17, 15) is 9.18 Å². The van der Waals surface area contributed by atoms with Gasteiger partial charge in [0, 0.05) is 39.1 Å². The monoisotopic (exact) mass is 404 g/mol. The Bertz CT molecular complexity index is 715. The van der Waals surface area contributed by atoms with Gasteiger partial charge in [-0.15, -0.1) is 0 Å². The summed E-state index contributed by atoms with van der Waals surface area (Å²) in [6, 6.07) is 15.2. The van der Waals surface area contributed by atoms with Gasteiger partial charge in [-0.3, -0.25) is 14.6 Å². The van der Waals surface area contributed by atoms with E-state index in [0.29, 0.717) is 17.4 Å². The Morgan fingerprint density at radius 1 is 0.960 bits per heavy atom. The van der Waals surface area contributed by atoms with Gasteiger partial charge in [0.1, 0.15) is 5.82 Å². The smallest absolute Gasteiger partial charge is 0.151 e.